The highest BCUT2D eigenvalue weighted by molar-refractivity contribution is 6.00. The Morgan fingerprint density at radius 1 is 0.957 bits per heavy atom. The van der Waals surface area contributed by atoms with Gasteiger partial charge in [-0.1, -0.05) is 30.3 Å². The summed E-state index contributed by atoms with van der Waals surface area (Å²) >= 11 is 0. The molecule has 0 fully saturated rings. The number of nitrogens with one attached hydrogen (secondary N) is 1. The van der Waals surface area contributed by atoms with Crippen LogP contribution in [-0.2, 0) is 4.79 Å². The third-order valence-corrected chi connectivity index (χ3v) is 3.19. The minimum absolute atomic E-state index is 0.0169. The Hall–Kier alpha value is -3.15. The molecule has 6 nitrogen and oxygen atoms in total. The van der Waals surface area contributed by atoms with Gasteiger partial charge in [0.05, 0.1) is 0 Å². The molecule has 2 aromatic carbocycles. The second-order valence-corrected chi connectivity index (χ2v) is 4.87. The van der Waals surface area contributed by atoms with Crippen LogP contribution >= 0.6 is 0 Å². The van der Waals surface area contributed by atoms with Crippen molar-refractivity contribution in [3.8, 4) is 5.75 Å². The standard InChI is InChI=1S/C17H15NO5/c19-14(11-4-2-1-3-5-11)8-9-16(21)18-12-6-7-15(20)13(10-12)17(22)23/h1-7,10,20H,8-9H2,(H,18,21)(H,22,23). The number of carboxylic acid groups (broad SMARTS) is 1. The lowest BCUT2D eigenvalue weighted by atomic mass is 10.1. The highest BCUT2D eigenvalue weighted by Gasteiger charge is 2.13. The molecule has 118 valence electrons. The topological polar surface area (TPSA) is 104 Å². The van der Waals surface area contributed by atoms with Crippen LogP contribution in [0.3, 0.4) is 0 Å². The van der Waals surface area contributed by atoms with E-state index in [2.05, 4.69) is 5.32 Å². The van der Waals surface area contributed by atoms with Crippen LogP contribution in [0, 0.1) is 0 Å². The maximum absolute atomic E-state index is 11.9. The number of hydrogen-bond acceptors (Lipinski definition) is 4. The van der Waals surface area contributed by atoms with Gasteiger partial charge in [0.15, 0.2) is 5.78 Å². The molecule has 0 atom stereocenters. The molecule has 0 radical (unpaired) electrons. The van der Waals surface area contributed by atoms with E-state index in [1.165, 1.54) is 12.1 Å². The number of aromatic hydroxyl groups is 1. The van der Waals surface area contributed by atoms with Gasteiger partial charge >= 0.3 is 5.97 Å². The lowest BCUT2D eigenvalue weighted by Gasteiger charge is -2.07. The number of rotatable bonds is 6. The van der Waals surface area contributed by atoms with E-state index in [4.69, 9.17) is 5.11 Å². The average Bonchev–Trinajstić information content (AvgIpc) is 2.55. The first-order valence-electron chi connectivity index (χ1n) is 6.92. The molecule has 6 heteroatoms. The zero-order valence-corrected chi connectivity index (χ0v) is 12.2. The van der Waals surface area contributed by atoms with Gasteiger partial charge in [-0.25, -0.2) is 4.79 Å². The molecule has 2 aromatic rings. The van der Waals surface area contributed by atoms with Crippen LogP contribution in [0.25, 0.3) is 0 Å². The normalized spacial score (nSPS) is 10.1. The SMILES string of the molecule is O=C(CCC(=O)c1ccccc1)Nc1ccc(O)c(C(=O)O)c1. The van der Waals surface area contributed by atoms with Crippen molar-refractivity contribution in [2.45, 2.75) is 12.8 Å². The summed E-state index contributed by atoms with van der Waals surface area (Å²) in [6.07, 6.45) is 0.0384. The third kappa shape index (κ3) is 4.41. The van der Waals surface area contributed by atoms with Gasteiger partial charge in [-0.2, -0.15) is 0 Å². The van der Waals surface area contributed by atoms with Gasteiger partial charge < -0.3 is 15.5 Å². The minimum Gasteiger partial charge on any atom is -0.507 e. The number of carbonyl (C=O) groups is 3. The molecule has 0 heterocycles. The number of hydrogen-bond donors (Lipinski definition) is 3. The molecule has 1 amide bonds. The molecular formula is C17H15NO5. The van der Waals surface area contributed by atoms with Crippen LogP contribution in [0.5, 0.6) is 5.75 Å². The summed E-state index contributed by atoms with van der Waals surface area (Å²) in [5, 5.41) is 20.8. The van der Waals surface area contributed by atoms with Gasteiger partial charge in [0.1, 0.15) is 11.3 Å². The van der Waals surface area contributed by atoms with Gasteiger partial charge in [0, 0.05) is 24.1 Å². The molecule has 23 heavy (non-hydrogen) atoms. The molecule has 0 aliphatic heterocycles. The van der Waals surface area contributed by atoms with Gasteiger partial charge in [-0.3, -0.25) is 9.59 Å². The summed E-state index contributed by atoms with van der Waals surface area (Å²) in [4.78, 5) is 34.7. The molecule has 3 N–H and O–H groups in total. The number of carbonyl (C=O) groups excluding carboxylic acids is 2. The van der Waals surface area contributed by atoms with Gasteiger partial charge in [0.25, 0.3) is 0 Å². The summed E-state index contributed by atoms with van der Waals surface area (Å²) in [6, 6.07) is 12.4. The van der Waals surface area contributed by atoms with E-state index in [0.29, 0.717) is 5.56 Å². The number of carboxylic acids is 1. The van der Waals surface area contributed by atoms with Crippen LogP contribution in [0.2, 0.25) is 0 Å². The fourth-order valence-corrected chi connectivity index (χ4v) is 2.00. The third-order valence-electron chi connectivity index (χ3n) is 3.19. The Labute approximate surface area is 132 Å². The molecule has 0 aromatic heterocycles. The molecule has 0 bridgehead atoms. The highest BCUT2D eigenvalue weighted by Crippen LogP contribution is 2.21. The highest BCUT2D eigenvalue weighted by atomic mass is 16.4. The van der Waals surface area contributed by atoms with E-state index >= 15 is 0 Å². The molecule has 0 aliphatic rings. The largest absolute Gasteiger partial charge is 0.507 e. The number of benzene rings is 2. The first-order chi connectivity index (χ1) is 11.0. The monoisotopic (exact) mass is 313 g/mol. The van der Waals surface area contributed by atoms with Crippen molar-refractivity contribution >= 4 is 23.3 Å². The van der Waals surface area contributed by atoms with Crippen LogP contribution in [0.1, 0.15) is 33.6 Å². The lowest BCUT2D eigenvalue weighted by Crippen LogP contribution is -2.14. The molecule has 0 saturated carbocycles. The molecule has 0 spiro atoms. The van der Waals surface area contributed by atoms with Crippen molar-refractivity contribution in [3.05, 3.63) is 59.7 Å². The summed E-state index contributed by atoms with van der Waals surface area (Å²) in [5.74, 6) is -2.22. The van der Waals surface area contributed by atoms with Gasteiger partial charge in [-0.05, 0) is 18.2 Å². The zero-order valence-electron chi connectivity index (χ0n) is 12.2. The molecule has 0 unspecified atom stereocenters. The van der Waals surface area contributed by atoms with Crippen LogP contribution in [0.15, 0.2) is 48.5 Å². The van der Waals surface area contributed by atoms with Crippen molar-refractivity contribution in [2.75, 3.05) is 5.32 Å². The number of amides is 1. The summed E-state index contributed by atoms with van der Waals surface area (Å²) < 4.78 is 0. The van der Waals surface area contributed by atoms with Crippen molar-refractivity contribution in [3.63, 3.8) is 0 Å². The zero-order chi connectivity index (χ0) is 16.8. The van der Waals surface area contributed by atoms with Gasteiger partial charge in [0.2, 0.25) is 5.91 Å². The summed E-state index contributed by atoms with van der Waals surface area (Å²) in [5.41, 5.74) is 0.485. The molecule has 0 aliphatic carbocycles. The fraction of sp³-hybridized carbons (Fsp3) is 0.118. The van der Waals surface area contributed by atoms with Crippen molar-refractivity contribution in [1.82, 2.24) is 0 Å². The van der Waals surface area contributed by atoms with Crippen LogP contribution < -0.4 is 5.32 Å². The molecule has 0 saturated heterocycles. The summed E-state index contributed by atoms with van der Waals surface area (Å²) in [7, 11) is 0. The van der Waals surface area contributed by atoms with Crippen LogP contribution in [-0.4, -0.2) is 27.9 Å². The van der Waals surface area contributed by atoms with Crippen molar-refractivity contribution in [1.29, 1.82) is 0 Å². The predicted octanol–water partition coefficient (Wildman–Crippen LogP) is 2.69. The summed E-state index contributed by atoms with van der Waals surface area (Å²) in [6.45, 7) is 0. The maximum atomic E-state index is 11.9. The predicted molar refractivity (Wildman–Crippen MR) is 83.7 cm³/mol. The first kappa shape index (κ1) is 16.2. The van der Waals surface area contributed by atoms with E-state index in [1.807, 2.05) is 0 Å². The number of phenols is 1. The maximum Gasteiger partial charge on any atom is 0.339 e. The number of aromatic carboxylic acids is 1. The van der Waals surface area contributed by atoms with Crippen molar-refractivity contribution < 1.29 is 24.6 Å². The minimum atomic E-state index is -1.29. The van der Waals surface area contributed by atoms with E-state index in [0.717, 1.165) is 6.07 Å². The molecule has 2 rings (SSSR count). The number of ketones is 1. The number of anilines is 1. The Morgan fingerprint density at radius 3 is 2.30 bits per heavy atom. The quantitative estimate of drug-likeness (QED) is 0.562. The Kier molecular flexibility index (Phi) is 5.09. The average molecular weight is 313 g/mol. The smallest absolute Gasteiger partial charge is 0.339 e. The lowest BCUT2D eigenvalue weighted by molar-refractivity contribution is -0.116. The van der Waals surface area contributed by atoms with E-state index < -0.39 is 11.9 Å². The van der Waals surface area contributed by atoms with E-state index in [1.54, 1.807) is 30.3 Å². The van der Waals surface area contributed by atoms with E-state index in [-0.39, 0.29) is 35.6 Å². The molecular weight excluding hydrogens is 298 g/mol. The number of Topliss-reactive ketones (excluding diaryl/α,β-unsaturated/α-hetero) is 1. The van der Waals surface area contributed by atoms with Gasteiger partial charge in [-0.15, -0.1) is 0 Å². The van der Waals surface area contributed by atoms with Crippen molar-refractivity contribution in [2.24, 2.45) is 0 Å². The van der Waals surface area contributed by atoms with E-state index in [9.17, 15) is 19.5 Å². The first-order valence-corrected chi connectivity index (χ1v) is 6.92. The second-order valence-electron chi connectivity index (χ2n) is 4.87. The Balaban J connectivity index is 1.94. The van der Waals surface area contributed by atoms with Crippen LogP contribution in [0.4, 0.5) is 5.69 Å². The Bertz CT molecular complexity index is 740. The Morgan fingerprint density at radius 2 is 1.65 bits per heavy atom. The second kappa shape index (κ2) is 7.22. The fourth-order valence-electron chi connectivity index (χ4n) is 2.00.